The van der Waals surface area contributed by atoms with Crippen molar-refractivity contribution < 1.29 is 19.1 Å². The predicted octanol–water partition coefficient (Wildman–Crippen LogP) is 3.38. The predicted molar refractivity (Wildman–Crippen MR) is 89.1 cm³/mol. The van der Waals surface area contributed by atoms with Gasteiger partial charge in [0.05, 0.1) is 5.57 Å². The zero-order valence-electron chi connectivity index (χ0n) is 13.3. The minimum Gasteiger partial charge on any atom is -0.454 e. The second-order valence-electron chi connectivity index (χ2n) is 5.79. The van der Waals surface area contributed by atoms with Crippen molar-refractivity contribution in [3.63, 3.8) is 0 Å². The molecule has 24 heavy (non-hydrogen) atoms. The van der Waals surface area contributed by atoms with Gasteiger partial charge in [0.2, 0.25) is 6.79 Å². The van der Waals surface area contributed by atoms with Gasteiger partial charge in [-0.15, -0.1) is 0 Å². The summed E-state index contributed by atoms with van der Waals surface area (Å²) >= 11 is 0. The second-order valence-corrected chi connectivity index (χ2v) is 5.79. The summed E-state index contributed by atoms with van der Waals surface area (Å²) in [6.07, 6.45) is 1.76. The Labute approximate surface area is 139 Å². The van der Waals surface area contributed by atoms with Gasteiger partial charge in [-0.05, 0) is 54.8 Å². The summed E-state index contributed by atoms with van der Waals surface area (Å²) in [5, 5.41) is 3.95. The van der Waals surface area contributed by atoms with E-state index in [1.807, 2.05) is 50.2 Å². The minimum atomic E-state index is -0.458. The number of rotatable bonds is 2. The van der Waals surface area contributed by atoms with Crippen molar-refractivity contribution in [1.29, 1.82) is 0 Å². The van der Waals surface area contributed by atoms with Crippen LogP contribution in [0.2, 0.25) is 0 Å². The fourth-order valence-electron chi connectivity index (χ4n) is 2.68. The van der Waals surface area contributed by atoms with E-state index < -0.39 is 5.97 Å². The Kier molecular flexibility index (Phi) is 3.34. The van der Waals surface area contributed by atoms with E-state index in [1.165, 1.54) is 5.56 Å². The normalized spacial score (nSPS) is 17.2. The van der Waals surface area contributed by atoms with Crippen LogP contribution in [0, 0.1) is 13.8 Å². The quantitative estimate of drug-likeness (QED) is 0.628. The van der Waals surface area contributed by atoms with E-state index in [9.17, 15) is 4.79 Å². The first kappa shape index (κ1) is 14.5. The SMILES string of the molecule is Cc1ccc(C2=NOC(=O)C2=Cc2ccc3c(c2)OCO3)cc1C. The van der Waals surface area contributed by atoms with Crippen LogP contribution in [0.5, 0.6) is 11.5 Å². The molecule has 2 heterocycles. The van der Waals surface area contributed by atoms with Crippen LogP contribution in [0.1, 0.15) is 22.3 Å². The van der Waals surface area contributed by atoms with Crippen LogP contribution < -0.4 is 9.47 Å². The number of hydrogen-bond donors (Lipinski definition) is 0. The molecule has 120 valence electrons. The molecule has 0 N–H and O–H groups in total. The molecule has 0 aromatic heterocycles. The Morgan fingerprint density at radius 2 is 1.83 bits per heavy atom. The molecule has 0 spiro atoms. The van der Waals surface area contributed by atoms with Gasteiger partial charge in [0.15, 0.2) is 11.5 Å². The Bertz CT molecular complexity index is 912. The van der Waals surface area contributed by atoms with E-state index in [2.05, 4.69) is 5.16 Å². The Morgan fingerprint density at radius 3 is 2.67 bits per heavy atom. The number of oxime groups is 1. The summed E-state index contributed by atoms with van der Waals surface area (Å²) in [4.78, 5) is 17.0. The number of benzene rings is 2. The number of carbonyl (C=O) groups is 1. The second kappa shape index (κ2) is 5.53. The molecule has 0 saturated carbocycles. The smallest absolute Gasteiger partial charge is 0.368 e. The average molecular weight is 321 g/mol. The van der Waals surface area contributed by atoms with Gasteiger partial charge in [-0.1, -0.05) is 23.4 Å². The molecule has 2 aromatic rings. The number of hydrogen-bond acceptors (Lipinski definition) is 5. The molecule has 0 unspecified atom stereocenters. The zero-order chi connectivity index (χ0) is 16.7. The highest BCUT2D eigenvalue weighted by atomic mass is 16.7. The number of nitrogens with zero attached hydrogens (tertiary/aromatic N) is 1. The van der Waals surface area contributed by atoms with Gasteiger partial charge in [0.1, 0.15) is 5.71 Å². The number of ether oxygens (including phenoxy) is 2. The summed E-state index contributed by atoms with van der Waals surface area (Å²) in [6, 6.07) is 11.5. The third-order valence-electron chi connectivity index (χ3n) is 4.18. The van der Waals surface area contributed by atoms with Gasteiger partial charge in [-0.2, -0.15) is 0 Å². The van der Waals surface area contributed by atoms with Crippen molar-refractivity contribution in [3.8, 4) is 11.5 Å². The molecule has 2 aliphatic heterocycles. The highest BCUT2D eigenvalue weighted by Gasteiger charge is 2.27. The van der Waals surface area contributed by atoms with Crippen LogP contribution in [-0.2, 0) is 9.63 Å². The van der Waals surface area contributed by atoms with E-state index in [0.717, 1.165) is 16.7 Å². The molecule has 0 saturated heterocycles. The minimum absolute atomic E-state index is 0.215. The maximum Gasteiger partial charge on any atom is 0.368 e. The van der Waals surface area contributed by atoms with E-state index in [4.69, 9.17) is 14.3 Å². The topological polar surface area (TPSA) is 57.1 Å². The summed E-state index contributed by atoms with van der Waals surface area (Å²) in [5.74, 6) is 0.912. The maximum absolute atomic E-state index is 12.1. The first-order valence-corrected chi connectivity index (χ1v) is 7.60. The lowest BCUT2D eigenvalue weighted by Gasteiger charge is -2.05. The first-order valence-electron chi connectivity index (χ1n) is 7.60. The molecular formula is C19H15NO4. The van der Waals surface area contributed by atoms with Gasteiger partial charge in [-0.25, -0.2) is 4.79 Å². The lowest BCUT2D eigenvalue weighted by molar-refractivity contribution is -0.136. The van der Waals surface area contributed by atoms with Crippen molar-refractivity contribution in [3.05, 3.63) is 64.2 Å². The van der Waals surface area contributed by atoms with Gasteiger partial charge in [-0.3, -0.25) is 0 Å². The molecule has 0 atom stereocenters. The van der Waals surface area contributed by atoms with Crippen LogP contribution in [-0.4, -0.2) is 18.5 Å². The van der Waals surface area contributed by atoms with Gasteiger partial charge < -0.3 is 14.3 Å². The maximum atomic E-state index is 12.1. The van der Waals surface area contributed by atoms with Crippen LogP contribution >= 0.6 is 0 Å². The summed E-state index contributed by atoms with van der Waals surface area (Å²) < 4.78 is 10.7. The first-order chi connectivity index (χ1) is 11.6. The third-order valence-corrected chi connectivity index (χ3v) is 4.18. The van der Waals surface area contributed by atoms with Gasteiger partial charge >= 0.3 is 5.97 Å². The molecule has 0 fully saturated rings. The number of carbonyl (C=O) groups excluding carboxylic acids is 1. The molecule has 0 radical (unpaired) electrons. The molecule has 4 rings (SSSR count). The fourth-order valence-corrected chi connectivity index (χ4v) is 2.68. The molecule has 5 heteroatoms. The molecule has 0 bridgehead atoms. The van der Waals surface area contributed by atoms with E-state index in [0.29, 0.717) is 22.8 Å². The number of aryl methyl sites for hydroxylation is 2. The van der Waals surface area contributed by atoms with Crippen molar-refractivity contribution in [2.24, 2.45) is 5.16 Å². The van der Waals surface area contributed by atoms with Crippen LogP contribution in [0.3, 0.4) is 0 Å². The Morgan fingerprint density at radius 1 is 1.00 bits per heavy atom. The fraction of sp³-hybridized carbons (Fsp3) is 0.158. The Balaban J connectivity index is 1.73. The van der Waals surface area contributed by atoms with E-state index >= 15 is 0 Å². The Hall–Kier alpha value is -3.08. The highest BCUT2D eigenvalue weighted by molar-refractivity contribution is 6.31. The van der Waals surface area contributed by atoms with E-state index in [1.54, 1.807) is 6.08 Å². The average Bonchev–Trinajstić information content (AvgIpc) is 3.17. The summed E-state index contributed by atoms with van der Waals surface area (Å²) in [6.45, 7) is 4.28. The van der Waals surface area contributed by atoms with Crippen LogP contribution in [0.4, 0.5) is 0 Å². The van der Waals surface area contributed by atoms with Crippen molar-refractivity contribution >= 4 is 17.8 Å². The van der Waals surface area contributed by atoms with Gasteiger partial charge in [0.25, 0.3) is 0 Å². The molecule has 5 nitrogen and oxygen atoms in total. The molecule has 2 aliphatic rings. The highest BCUT2D eigenvalue weighted by Crippen LogP contribution is 2.33. The largest absolute Gasteiger partial charge is 0.454 e. The van der Waals surface area contributed by atoms with Crippen molar-refractivity contribution in [2.45, 2.75) is 13.8 Å². The third kappa shape index (κ3) is 2.44. The van der Waals surface area contributed by atoms with Gasteiger partial charge in [0, 0.05) is 5.56 Å². The van der Waals surface area contributed by atoms with Crippen molar-refractivity contribution in [2.75, 3.05) is 6.79 Å². The monoisotopic (exact) mass is 321 g/mol. The summed E-state index contributed by atoms with van der Waals surface area (Å²) in [5.41, 5.74) is 4.97. The molecule has 0 aliphatic carbocycles. The van der Waals surface area contributed by atoms with E-state index in [-0.39, 0.29) is 6.79 Å². The standard InChI is InChI=1S/C19H15NO4/c1-11-3-5-14(7-12(11)2)18-15(19(21)24-20-18)8-13-4-6-16-17(9-13)23-10-22-16/h3-9H,10H2,1-2H3. The molecular weight excluding hydrogens is 306 g/mol. The molecule has 2 aromatic carbocycles. The van der Waals surface area contributed by atoms with Crippen LogP contribution in [0.15, 0.2) is 47.1 Å². The summed E-state index contributed by atoms with van der Waals surface area (Å²) in [7, 11) is 0. The zero-order valence-corrected chi connectivity index (χ0v) is 13.3. The van der Waals surface area contributed by atoms with Crippen LogP contribution in [0.25, 0.3) is 6.08 Å². The lowest BCUT2D eigenvalue weighted by Crippen LogP contribution is -2.07. The lowest BCUT2D eigenvalue weighted by atomic mass is 9.97. The van der Waals surface area contributed by atoms with Crippen molar-refractivity contribution in [1.82, 2.24) is 0 Å². The molecule has 0 amide bonds. The number of fused-ring (bicyclic) bond motifs is 1.